The van der Waals surface area contributed by atoms with Gasteiger partial charge in [0.05, 0.1) is 0 Å². The highest BCUT2D eigenvalue weighted by molar-refractivity contribution is 5.59. The van der Waals surface area contributed by atoms with Crippen LogP contribution < -0.4 is 5.73 Å². The topological polar surface area (TPSA) is 105 Å². The number of aryl methyl sites for hydroxylation is 1. The van der Waals surface area contributed by atoms with Crippen LogP contribution in [0.15, 0.2) is 22.7 Å². The molecule has 0 spiro atoms. The molecule has 0 amide bonds. The first kappa shape index (κ1) is 13.4. The van der Waals surface area contributed by atoms with Gasteiger partial charge in [0.25, 0.3) is 0 Å². The van der Waals surface area contributed by atoms with Gasteiger partial charge in [0.1, 0.15) is 0 Å². The fraction of sp³-hybridized carbons (Fsp3) is 0.385. The summed E-state index contributed by atoms with van der Waals surface area (Å²) < 4.78 is 5.12. The molecule has 1 aromatic heterocycles. The maximum absolute atomic E-state index is 9.43. The molecule has 0 aliphatic rings. The summed E-state index contributed by atoms with van der Waals surface area (Å²) in [7, 11) is 0. The molecule has 0 saturated heterocycles. The number of aromatic hydroxyl groups is 2. The largest absolute Gasteiger partial charge is 0.504 e. The van der Waals surface area contributed by atoms with E-state index >= 15 is 0 Å². The second-order valence-corrected chi connectivity index (χ2v) is 5.20. The number of nitrogens with two attached hydrogens (primary N) is 1. The third-order valence-electron chi connectivity index (χ3n) is 2.68. The van der Waals surface area contributed by atoms with Crippen LogP contribution in [-0.4, -0.2) is 25.9 Å². The molecule has 6 nitrogen and oxygen atoms in total. The van der Waals surface area contributed by atoms with Crippen molar-refractivity contribution < 1.29 is 14.7 Å². The Balaban J connectivity index is 2.14. The summed E-state index contributed by atoms with van der Waals surface area (Å²) in [5, 5.41) is 22.5. The van der Waals surface area contributed by atoms with Crippen LogP contribution in [0.4, 0.5) is 0 Å². The standard InChI is InChI=1S/C13H17N3O3/c1-13(2,14)6-5-11-15-12(16-19-11)8-3-4-9(17)10(18)7-8/h3-4,7,17-18H,5-6,14H2,1-2H3. The van der Waals surface area contributed by atoms with Gasteiger partial charge in [0, 0.05) is 17.5 Å². The predicted octanol–water partition coefficient (Wildman–Crippen LogP) is 1.82. The Morgan fingerprint density at radius 3 is 2.63 bits per heavy atom. The second-order valence-electron chi connectivity index (χ2n) is 5.20. The molecule has 0 aliphatic carbocycles. The minimum absolute atomic E-state index is 0.183. The van der Waals surface area contributed by atoms with Crippen molar-refractivity contribution in [3.63, 3.8) is 0 Å². The zero-order chi connectivity index (χ0) is 14.0. The van der Waals surface area contributed by atoms with Gasteiger partial charge in [-0.1, -0.05) is 5.16 Å². The van der Waals surface area contributed by atoms with E-state index in [4.69, 9.17) is 10.3 Å². The first-order valence-corrected chi connectivity index (χ1v) is 5.99. The number of phenols is 2. The second kappa shape index (κ2) is 4.89. The van der Waals surface area contributed by atoms with Crippen molar-refractivity contribution in [1.29, 1.82) is 0 Å². The Labute approximate surface area is 110 Å². The maximum atomic E-state index is 9.43. The highest BCUT2D eigenvalue weighted by atomic mass is 16.5. The molecule has 0 radical (unpaired) electrons. The smallest absolute Gasteiger partial charge is 0.227 e. The van der Waals surface area contributed by atoms with E-state index in [1.165, 1.54) is 12.1 Å². The number of phenolic OH excluding ortho intramolecular Hbond substituents is 2. The summed E-state index contributed by atoms with van der Waals surface area (Å²) in [4.78, 5) is 4.23. The molecule has 6 heteroatoms. The van der Waals surface area contributed by atoms with Crippen LogP contribution in [0.1, 0.15) is 26.2 Å². The van der Waals surface area contributed by atoms with Crippen LogP contribution in [0.3, 0.4) is 0 Å². The number of hydrogen-bond acceptors (Lipinski definition) is 6. The third-order valence-corrected chi connectivity index (χ3v) is 2.68. The van der Waals surface area contributed by atoms with Gasteiger partial charge in [-0.15, -0.1) is 0 Å². The van der Waals surface area contributed by atoms with Gasteiger partial charge in [0.15, 0.2) is 11.5 Å². The Kier molecular flexibility index (Phi) is 3.44. The zero-order valence-corrected chi connectivity index (χ0v) is 10.9. The highest BCUT2D eigenvalue weighted by Crippen LogP contribution is 2.29. The van der Waals surface area contributed by atoms with Crippen molar-refractivity contribution in [2.75, 3.05) is 0 Å². The van der Waals surface area contributed by atoms with E-state index in [2.05, 4.69) is 10.1 Å². The average molecular weight is 263 g/mol. The van der Waals surface area contributed by atoms with E-state index in [9.17, 15) is 10.2 Å². The van der Waals surface area contributed by atoms with Gasteiger partial charge in [0.2, 0.25) is 11.7 Å². The molecule has 0 aliphatic heterocycles. The van der Waals surface area contributed by atoms with Crippen LogP contribution in [0, 0.1) is 0 Å². The van der Waals surface area contributed by atoms with Crippen molar-refractivity contribution in [2.45, 2.75) is 32.2 Å². The first-order chi connectivity index (χ1) is 8.85. The van der Waals surface area contributed by atoms with Crippen molar-refractivity contribution in [2.24, 2.45) is 5.73 Å². The summed E-state index contributed by atoms with van der Waals surface area (Å²) in [6, 6.07) is 4.37. The monoisotopic (exact) mass is 263 g/mol. The highest BCUT2D eigenvalue weighted by Gasteiger charge is 2.15. The van der Waals surface area contributed by atoms with Crippen LogP contribution in [0.5, 0.6) is 11.5 Å². The Morgan fingerprint density at radius 2 is 2.00 bits per heavy atom. The molecule has 1 aromatic carbocycles. The summed E-state index contributed by atoms with van der Waals surface area (Å²) in [6.45, 7) is 3.87. The molecular formula is C13H17N3O3. The molecular weight excluding hydrogens is 246 g/mol. The number of nitrogens with zero attached hydrogens (tertiary/aromatic N) is 2. The van der Waals surface area contributed by atoms with Crippen LogP contribution in [0.25, 0.3) is 11.4 Å². The van der Waals surface area contributed by atoms with Gasteiger partial charge in [-0.05, 0) is 38.5 Å². The molecule has 2 rings (SSSR count). The summed E-state index contributed by atoms with van der Waals surface area (Å²) in [6.07, 6.45) is 1.33. The minimum atomic E-state index is -0.286. The van der Waals surface area contributed by atoms with Gasteiger partial charge >= 0.3 is 0 Å². The van der Waals surface area contributed by atoms with E-state index in [0.29, 0.717) is 23.7 Å². The molecule has 0 fully saturated rings. The summed E-state index contributed by atoms with van der Waals surface area (Å²) >= 11 is 0. The molecule has 102 valence electrons. The minimum Gasteiger partial charge on any atom is -0.504 e. The lowest BCUT2D eigenvalue weighted by Gasteiger charge is -2.16. The van der Waals surface area contributed by atoms with Crippen molar-refractivity contribution in [3.8, 4) is 22.9 Å². The van der Waals surface area contributed by atoms with Gasteiger partial charge in [-0.2, -0.15) is 4.98 Å². The van der Waals surface area contributed by atoms with Gasteiger partial charge < -0.3 is 20.5 Å². The summed E-state index contributed by atoms with van der Waals surface area (Å²) in [5.41, 5.74) is 6.18. The lowest BCUT2D eigenvalue weighted by molar-refractivity contribution is 0.358. The van der Waals surface area contributed by atoms with Crippen molar-refractivity contribution in [1.82, 2.24) is 10.1 Å². The molecule has 0 unspecified atom stereocenters. The van der Waals surface area contributed by atoms with Gasteiger partial charge in [-0.25, -0.2) is 0 Å². The van der Waals surface area contributed by atoms with E-state index < -0.39 is 0 Å². The zero-order valence-electron chi connectivity index (χ0n) is 10.9. The Hall–Kier alpha value is -2.08. The Morgan fingerprint density at radius 1 is 1.26 bits per heavy atom. The maximum Gasteiger partial charge on any atom is 0.227 e. The summed E-state index contributed by atoms with van der Waals surface area (Å²) in [5.74, 6) is 0.477. The molecule has 4 N–H and O–H groups in total. The fourth-order valence-electron chi connectivity index (χ4n) is 1.57. The normalized spacial score (nSPS) is 11.7. The number of benzene rings is 1. The molecule has 1 heterocycles. The lowest BCUT2D eigenvalue weighted by atomic mass is 10.0. The SMILES string of the molecule is CC(C)(N)CCc1nc(-c2ccc(O)c(O)c2)no1. The fourth-order valence-corrected chi connectivity index (χ4v) is 1.57. The van der Waals surface area contributed by atoms with Crippen LogP contribution in [0.2, 0.25) is 0 Å². The Bertz CT molecular complexity index is 573. The van der Waals surface area contributed by atoms with E-state index in [-0.39, 0.29) is 17.0 Å². The number of rotatable bonds is 4. The molecule has 0 saturated carbocycles. The van der Waals surface area contributed by atoms with E-state index in [1.807, 2.05) is 13.8 Å². The predicted molar refractivity (Wildman–Crippen MR) is 69.7 cm³/mol. The molecule has 0 atom stereocenters. The lowest BCUT2D eigenvalue weighted by Crippen LogP contribution is -2.32. The van der Waals surface area contributed by atoms with Crippen LogP contribution in [-0.2, 0) is 6.42 Å². The van der Waals surface area contributed by atoms with E-state index in [1.54, 1.807) is 6.07 Å². The van der Waals surface area contributed by atoms with Crippen molar-refractivity contribution in [3.05, 3.63) is 24.1 Å². The molecule has 2 aromatic rings. The third kappa shape index (κ3) is 3.45. The van der Waals surface area contributed by atoms with E-state index in [0.717, 1.165) is 6.42 Å². The molecule has 0 bridgehead atoms. The number of aromatic nitrogens is 2. The average Bonchev–Trinajstić information content (AvgIpc) is 2.78. The quantitative estimate of drug-likeness (QED) is 0.726. The van der Waals surface area contributed by atoms with Gasteiger partial charge in [-0.3, -0.25) is 0 Å². The van der Waals surface area contributed by atoms with Crippen LogP contribution >= 0.6 is 0 Å². The number of hydrogen-bond donors (Lipinski definition) is 3. The molecule has 19 heavy (non-hydrogen) atoms. The van der Waals surface area contributed by atoms with Crippen molar-refractivity contribution >= 4 is 0 Å². The first-order valence-electron chi connectivity index (χ1n) is 5.99.